The molecule has 0 aromatic carbocycles. The largest absolute Gasteiger partial charge is 0.370 e. The molecular weight excluding hydrogens is 228 g/mol. The predicted octanol–water partition coefficient (Wildman–Crippen LogP) is 1.43. The van der Waals surface area contributed by atoms with E-state index in [1.807, 2.05) is 13.8 Å². The van der Waals surface area contributed by atoms with E-state index in [0.29, 0.717) is 11.7 Å². The van der Waals surface area contributed by atoms with Gasteiger partial charge in [-0.2, -0.15) is 0 Å². The van der Waals surface area contributed by atoms with E-state index in [1.165, 1.54) is 12.5 Å². The van der Waals surface area contributed by atoms with E-state index in [0.717, 1.165) is 25.2 Å². The summed E-state index contributed by atoms with van der Waals surface area (Å²) in [6.45, 7) is 4.82. The van der Waals surface area contributed by atoms with Crippen LogP contribution in [0.4, 0.5) is 5.82 Å². The van der Waals surface area contributed by atoms with Crippen LogP contribution >= 0.6 is 0 Å². The lowest BCUT2D eigenvalue weighted by Gasteiger charge is -2.16. The molecule has 1 aromatic heterocycles. The number of hydrogen-bond donors (Lipinski definition) is 3. The second kappa shape index (κ2) is 5.52. The minimum absolute atomic E-state index is 0.105. The number of aromatic amines is 1. The second-order valence-corrected chi connectivity index (χ2v) is 5.41. The van der Waals surface area contributed by atoms with Crippen molar-refractivity contribution in [2.75, 3.05) is 11.9 Å². The fraction of sp³-hybridized carbons (Fsp3) is 0.692. The number of nitrogens with zero attached hydrogens (tertiary/aromatic N) is 1. The number of aromatic nitrogens is 2. The van der Waals surface area contributed by atoms with Crippen LogP contribution in [0.25, 0.3) is 0 Å². The van der Waals surface area contributed by atoms with Crippen LogP contribution in [0.1, 0.15) is 44.9 Å². The highest BCUT2D eigenvalue weighted by atomic mass is 16.1. The SMILES string of the molecule is CC(C)c1nc(NCC2CCCC2N)cc(=O)[nH]1. The Bertz CT molecular complexity index is 455. The lowest BCUT2D eigenvalue weighted by atomic mass is 10.1. The smallest absolute Gasteiger partial charge is 0.252 e. The molecule has 0 bridgehead atoms. The summed E-state index contributed by atoms with van der Waals surface area (Å²) in [5, 5.41) is 3.24. The molecule has 2 rings (SSSR count). The number of rotatable bonds is 4. The van der Waals surface area contributed by atoms with Crippen molar-refractivity contribution in [2.24, 2.45) is 11.7 Å². The molecule has 0 amide bonds. The van der Waals surface area contributed by atoms with E-state index >= 15 is 0 Å². The van der Waals surface area contributed by atoms with Crippen molar-refractivity contribution < 1.29 is 0 Å². The van der Waals surface area contributed by atoms with E-state index in [-0.39, 0.29) is 17.5 Å². The van der Waals surface area contributed by atoms with Gasteiger partial charge in [0.15, 0.2) is 0 Å². The topological polar surface area (TPSA) is 83.8 Å². The first kappa shape index (κ1) is 13.1. The fourth-order valence-corrected chi connectivity index (χ4v) is 2.40. The molecule has 1 aliphatic carbocycles. The summed E-state index contributed by atoms with van der Waals surface area (Å²) in [6, 6.07) is 1.79. The Kier molecular flexibility index (Phi) is 4.01. The van der Waals surface area contributed by atoms with Crippen molar-refractivity contribution in [3.8, 4) is 0 Å². The number of H-pyrrole nitrogens is 1. The second-order valence-electron chi connectivity index (χ2n) is 5.41. The van der Waals surface area contributed by atoms with Gasteiger partial charge in [0.05, 0.1) is 0 Å². The summed E-state index contributed by atoms with van der Waals surface area (Å²) in [5.74, 6) is 2.09. The molecule has 5 heteroatoms. The first-order valence-corrected chi connectivity index (χ1v) is 6.67. The molecule has 0 radical (unpaired) electrons. The third kappa shape index (κ3) is 3.10. The van der Waals surface area contributed by atoms with Crippen LogP contribution in [-0.4, -0.2) is 22.6 Å². The quantitative estimate of drug-likeness (QED) is 0.755. The van der Waals surface area contributed by atoms with Crippen LogP contribution in [0.15, 0.2) is 10.9 Å². The number of anilines is 1. The summed E-state index contributed by atoms with van der Waals surface area (Å²) in [5.41, 5.74) is 5.92. The zero-order chi connectivity index (χ0) is 13.1. The van der Waals surface area contributed by atoms with E-state index in [4.69, 9.17) is 5.73 Å². The lowest BCUT2D eigenvalue weighted by Crippen LogP contribution is -2.30. The van der Waals surface area contributed by atoms with Crippen molar-refractivity contribution in [1.29, 1.82) is 0 Å². The number of hydrogen-bond acceptors (Lipinski definition) is 4. The maximum atomic E-state index is 11.5. The van der Waals surface area contributed by atoms with Crippen molar-refractivity contribution in [3.63, 3.8) is 0 Å². The summed E-state index contributed by atoms with van der Waals surface area (Å²) in [6.07, 6.45) is 3.47. The zero-order valence-electron chi connectivity index (χ0n) is 11.1. The van der Waals surface area contributed by atoms with Gasteiger partial charge in [-0.05, 0) is 18.8 Å². The molecule has 100 valence electrons. The molecule has 5 nitrogen and oxygen atoms in total. The Morgan fingerprint density at radius 3 is 2.94 bits per heavy atom. The summed E-state index contributed by atoms with van der Waals surface area (Å²) in [7, 11) is 0. The molecule has 1 heterocycles. The van der Waals surface area contributed by atoms with Crippen LogP contribution in [-0.2, 0) is 0 Å². The van der Waals surface area contributed by atoms with Gasteiger partial charge in [-0.25, -0.2) is 4.98 Å². The highest BCUT2D eigenvalue weighted by Crippen LogP contribution is 2.24. The van der Waals surface area contributed by atoms with Gasteiger partial charge < -0.3 is 16.0 Å². The normalized spacial score (nSPS) is 23.6. The van der Waals surface area contributed by atoms with E-state index in [1.54, 1.807) is 0 Å². The summed E-state index contributed by atoms with van der Waals surface area (Å²) < 4.78 is 0. The monoisotopic (exact) mass is 250 g/mol. The van der Waals surface area contributed by atoms with Crippen LogP contribution < -0.4 is 16.6 Å². The molecular formula is C13H22N4O. The van der Waals surface area contributed by atoms with Crippen molar-refractivity contribution >= 4 is 5.82 Å². The Balaban J connectivity index is 2.02. The van der Waals surface area contributed by atoms with Gasteiger partial charge in [0.2, 0.25) is 0 Å². The predicted molar refractivity (Wildman–Crippen MR) is 72.8 cm³/mol. The average molecular weight is 250 g/mol. The third-order valence-corrected chi connectivity index (χ3v) is 3.57. The van der Waals surface area contributed by atoms with Crippen molar-refractivity contribution in [2.45, 2.75) is 45.1 Å². The van der Waals surface area contributed by atoms with Gasteiger partial charge in [-0.15, -0.1) is 0 Å². The minimum Gasteiger partial charge on any atom is -0.370 e. The molecule has 0 saturated heterocycles. The first-order chi connectivity index (χ1) is 8.56. The van der Waals surface area contributed by atoms with Crippen LogP contribution in [0.2, 0.25) is 0 Å². The van der Waals surface area contributed by atoms with E-state index in [9.17, 15) is 4.79 Å². The van der Waals surface area contributed by atoms with Gasteiger partial charge in [0, 0.05) is 24.6 Å². The number of nitrogens with one attached hydrogen (secondary N) is 2. The molecule has 2 unspecified atom stereocenters. The third-order valence-electron chi connectivity index (χ3n) is 3.57. The van der Waals surface area contributed by atoms with Gasteiger partial charge in [-0.1, -0.05) is 20.3 Å². The molecule has 1 aliphatic rings. The number of nitrogens with two attached hydrogens (primary N) is 1. The Hall–Kier alpha value is -1.36. The van der Waals surface area contributed by atoms with Crippen LogP contribution in [0, 0.1) is 5.92 Å². The molecule has 1 fully saturated rings. The van der Waals surface area contributed by atoms with Gasteiger partial charge >= 0.3 is 0 Å². The van der Waals surface area contributed by atoms with Crippen molar-refractivity contribution in [3.05, 3.63) is 22.2 Å². The molecule has 2 atom stereocenters. The van der Waals surface area contributed by atoms with E-state index < -0.39 is 0 Å². The highest BCUT2D eigenvalue weighted by molar-refractivity contribution is 5.33. The zero-order valence-corrected chi connectivity index (χ0v) is 11.1. The van der Waals surface area contributed by atoms with Crippen LogP contribution in [0.3, 0.4) is 0 Å². The lowest BCUT2D eigenvalue weighted by molar-refractivity contribution is 0.504. The Morgan fingerprint density at radius 2 is 2.33 bits per heavy atom. The summed E-state index contributed by atoms with van der Waals surface area (Å²) >= 11 is 0. The molecule has 0 spiro atoms. The van der Waals surface area contributed by atoms with E-state index in [2.05, 4.69) is 15.3 Å². The van der Waals surface area contributed by atoms with Gasteiger partial charge in [0.1, 0.15) is 11.6 Å². The van der Waals surface area contributed by atoms with Gasteiger partial charge in [-0.3, -0.25) is 4.79 Å². The maximum Gasteiger partial charge on any atom is 0.252 e. The average Bonchev–Trinajstić information content (AvgIpc) is 2.71. The molecule has 18 heavy (non-hydrogen) atoms. The molecule has 1 aromatic rings. The fourth-order valence-electron chi connectivity index (χ4n) is 2.40. The summed E-state index contributed by atoms with van der Waals surface area (Å²) in [4.78, 5) is 18.7. The standard InChI is InChI=1S/C13H22N4O/c1-8(2)13-16-11(6-12(18)17-13)15-7-9-4-3-5-10(9)14/h6,8-10H,3-5,7,14H2,1-2H3,(H2,15,16,17,18). The van der Waals surface area contributed by atoms with Crippen LogP contribution in [0.5, 0.6) is 0 Å². The molecule has 1 saturated carbocycles. The van der Waals surface area contributed by atoms with Crippen molar-refractivity contribution in [1.82, 2.24) is 9.97 Å². The maximum absolute atomic E-state index is 11.5. The highest BCUT2D eigenvalue weighted by Gasteiger charge is 2.23. The molecule has 0 aliphatic heterocycles. The van der Waals surface area contributed by atoms with Gasteiger partial charge in [0.25, 0.3) is 5.56 Å². The Labute approximate surface area is 107 Å². The Morgan fingerprint density at radius 1 is 1.56 bits per heavy atom. The minimum atomic E-state index is -0.105. The molecule has 4 N–H and O–H groups in total. The first-order valence-electron chi connectivity index (χ1n) is 6.67.